The van der Waals surface area contributed by atoms with E-state index in [9.17, 15) is 20.1 Å². The monoisotopic (exact) mass is 391 g/mol. The van der Waals surface area contributed by atoms with E-state index in [4.69, 9.17) is 0 Å². The quantitative estimate of drug-likeness (QED) is 0.771. The Bertz CT molecular complexity index is 605. The lowest BCUT2D eigenvalue weighted by Crippen LogP contribution is -2.58. The van der Waals surface area contributed by atoms with Crippen molar-refractivity contribution in [1.82, 2.24) is 0 Å². The number of rotatable bonds is 4. The van der Waals surface area contributed by atoms with Gasteiger partial charge < -0.3 is 20.1 Å². The summed E-state index contributed by atoms with van der Waals surface area (Å²) in [6.45, 7) is 7.11. The van der Waals surface area contributed by atoms with E-state index in [2.05, 4.69) is 20.8 Å². The van der Waals surface area contributed by atoms with Crippen molar-refractivity contribution in [3.05, 3.63) is 0 Å². The van der Waals surface area contributed by atoms with E-state index in [1.807, 2.05) is 0 Å². The Morgan fingerprint density at radius 2 is 1.71 bits per heavy atom. The minimum atomic E-state index is -0.934. The standard InChI is InChI=1S/C24H40O4/c1-14(4-7-21(27)28)17-5-6-18-22-19(9-11-24(17,18)3)23(2)10-8-16(25)12-15(23)13-20(22)26/h14-20,22,25-26H,4-13H2,1-3H3,(H,27,28)/p-1/t14-,15-,16+,17-,18+,19-,20-,22-,23+,24-/m1/s1. The van der Waals surface area contributed by atoms with E-state index in [1.54, 1.807) is 0 Å². The molecule has 0 saturated heterocycles. The van der Waals surface area contributed by atoms with Gasteiger partial charge in [0, 0.05) is 5.97 Å². The molecule has 10 atom stereocenters. The van der Waals surface area contributed by atoms with Crippen LogP contribution in [0.4, 0.5) is 0 Å². The summed E-state index contributed by atoms with van der Waals surface area (Å²) in [6, 6.07) is 0. The zero-order chi connectivity index (χ0) is 20.3. The van der Waals surface area contributed by atoms with Gasteiger partial charge in [-0.15, -0.1) is 0 Å². The number of aliphatic hydroxyl groups is 2. The Kier molecular flexibility index (Phi) is 5.36. The Hall–Kier alpha value is -0.610. The van der Waals surface area contributed by atoms with Crippen LogP contribution in [-0.4, -0.2) is 28.4 Å². The minimum absolute atomic E-state index is 0.162. The SMILES string of the molecule is C[C@H](CCC(=O)[O-])[C@H]1CC[C@H]2[C@H]3[C@H](O)C[C@H]4C[C@@H](O)CC[C@]4(C)[C@@H]3CC[C@]12C. The second-order valence-corrected chi connectivity index (χ2v) is 11.3. The number of aliphatic hydroxyl groups excluding tert-OH is 2. The first-order chi connectivity index (χ1) is 13.2. The van der Waals surface area contributed by atoms with Gasteiger partial charge in [-0.1, -0.05) is 20.8 Å². The third kappa shape index (κ3) is 3.14. The van der Waals surface area contributed by atoms with Crippen LogP contribution >= 0.6 is 0 Å². The molecule has 0 aliphatic heterocycles. The molecule has 4 aliphatic rings. The topological polar surface area (TPSA) is 80.6 Å². The zero-order valence-corrected chi connectivity index (χ0v) is 17.9. The van der Waals surface area contributed by atoms with Gasteiger partial charge in [0.25, 0.3) is 0 Å². The van der Waals surface area contributed by atoms with Crippen LogP contribution in [-0.2, 0) is 4.79 Å². The van der Waals surface area contributed by atoms with E-state index in [-0.39, 0.29) is 29.5 Å². The lowest BCUT2D eigenvalue weighted by molar-refractivity contribution is -0.306. The number of carbonyl (C=O) groups is 1. The van der Waals surface area contributed by atoms with Gasteiger partial charge in [-0.3, -0.25) is 0 Å². The van der Waals surface area contributed by atoms with Crippen LogP contribution in [0, 0.1) is 46.3 Å². The molecule has 4 fully saturated rings. The number of hydrogen-bond donors (Lipinski definition) is 2. The average molecular weight is 392 g/mol. The van der Waals surface area contributed by atoms with E-state index < -0.39 is 5.97 Å². The molecule has 4 saturated carbocycles. The van der Waals surface area contributed by atoms with Gasteiger partial charge in [0.2, 0.25) is 0 Å². The minimum Gasteiger partial charge on any atom is -0.550 e. The summed E-state index contributed by atoms with van der Waals surface area (Å²) >= 11 is 0. The number of fused-ring (bicyclic) bond motifs is 5. The highest BCUT2D eigenvalue weighted by Crippen LogP contribution is 2.68. The fourth-order valence-corrected chi connectivity index (χ4v) is 8.72. The molecule has 0 aromatic rings. The summed E-state index contributed by atoms with van der Waals surface area (Å²) in [5, 5.41) is 32.4. The molecule has 0 bridgehead atoms. The maximum Gasteiger partial charge on any atom is 0.0577 e. The smallest absolute Gasteiger partial charge is 0.0577 e. The van der Waals surface area contributed by atoms with E-state index >= 15 is 0 Å². The lowest BCUT2D eigenvalue weighted by Gasteiger charge is -2.62. The number of carbonyl (C=O) groups excluding carboxylic acids is 1. The average Bonchev–Trinajstić information content (AvgIpc) is 2.98. The van der Waals surface area contributed by atoms with Crippen molar-refractivity contribution < 1.29 is 20.1 Å². The molecule has 0 aromatic heterocycles. The molecule has 4 nitrogen and oxygen atoms in total. The normalized spacial score (nSPS) is 51.7. The highest BCUT2D eigenvalue weighted by Gasteiger charge is 2.62. The third-order valence-electron chi connectivity index (χ3n) is 10.2. The third-order valence-corrected chi connectivity index (χ3v) is 10.2. The second-order valence-electron chi connectivity index (χ2n) is 11.3. The molecule has 0 amide bonds. The molecule has 28 heavy (non-hydrogen) atoms. The van der Waals surface area contributed by atoms with Crippen LogP contribution in [0.1, 0.15) is 85.0 Å². The van der Waals surface area contributed by atoms with Crippen LogP contribution in [0.25, 0.3) is 0 Å². The molecule has 160 valence electrons. The summed E-state index contributed by atoms with van der Waals surface area (Å²) in [7, 11) is 0. The van der Waals surface area contributed by atoms with Crippen LogP contribution in [0.5, 0.6) is 0 Å². The van der Waals surface area contributed by atoms with E-state index in [1.165, 1.54) is 25.7 Å². The van der Waals surface area contributed by atoms with Crippen molar-refractivity contribution in [3.63, 3.8) is 0 Å². The van der Waals surface area contributed by atoms with Gasteiger partial charge in [-0.05, 0) is 111 Å². The molecule has 0 spiro atoms. The predicted molar refractivity (Wildman–Crippen MR) is 106 cm³/mol. The maximum absolute atomic E-state index is 11.2. The summed E-state index contributed by atoms with van der Waals surface area (Å²) in [5.41, 5.74) is 0.494. The fraction of sp³-hybridized carbons (Fsp3) is 0.958. The first-order valence-corrected chi connectivity index (χ1v) is 11.7. The Balaban J connectivity index is 1.55. The summed E-state index contributed by atoms with van der Waals surface area (Å²) < 4.78 is 0. The first kappa shape index (κ1) is 20.7. The van der Waals surface area contributed by atoms with Gasteiger partial charge in [-0.2, -0.15) is 0 Å². The summed E-state index contributed by atoms with van der Waals surface area (Å²) in [6.07, 6.45) is 8.91. The largest absolute Gasteiger partial charge is 0.550 e. The lowest BCUT2D eigenvalue weighted by atomic mass is 9.43. The van der Waals surface area contributed by atoms with Crippen molar-refractivity contribution in [2.75, 3.05) is 0 Å². The molecule has 4 rings (SSSR count). The fourth-order valence-electron chi connectivity index (χ4n) is 8.72. The molecule has 2 N–H and O–H groups in total. The molecular weight excluding hydrogens is 352 g/mol. The van der Waals surface area contributed by atoms with Crippen molar-refractivity contribution in [3.8, 4) is 0 Å². The van der Waals surface area contributed by atoms with Gasteiger partial charge in [0.15, 0.2) is 0 Å². The van der Waals surface area contributed by atoms with Gasteiger partial charge >= 0.3 is 0 Å². The first-order valence-electron chi connectivity index (χ1n) is 11.7. The summed E-state index contributed by atoms with van der Waals surface area (Å²) in [5.74, 6) is 1.99. The van der Waals surface area contributed by atoms with Gasteiger partial charge in [0.1, 0.15) is 0 Å². The van der Waals surface area contributed by atoms with Gasteiger partial charge in [0.05, 0.1) is 12.2 Å². The molecule has 0 aromatic carbocycles. The van der Waals surface area contributed by atoms with Crippen LogP contribution in [0.2, 0.25) is 0 Å². The zero-order valence-electron chi connectivity index (χ0n) is 17.9. The van der Waals surface area contributed by atoms with Crippen LogP contribution < -0.4 is 5.11 Å². The van der Waals surface area contributed by atoms with Crippen molar-refractivity contribution in [2.45, 2.75) is 97.2 Å². The predicted octanol–water partition coefficient (Wildman–Crippen LogP) is 3.14. The number of carboxylic acids is 1. The molecular formula is C24H39O4-. The van der Waals surface area contributed by atoms with Crippen molar-refractivity contribution in [2.24, 2.45) is 46.3 Å². The maximum atomic E-state index is 11.2. The Morgan fingerprint density at radius 1 is 1.04 bits per heavy atom. The van der Waals surface area contributed by atoms with Crippen LogP contribution in [0.3, 0.4) is 0 Å². The molecule has 4 aliphatic carbocycles. The highest BCUT2D eigenvalue weighted by molar-refractivity contribution is 5.64. The molecule has 0 unspecified atom stereocenters. The van der Waals surface area contributed by atoms with Crippen molar-refractivity contribution >= 4 is 5.97 Å². The van der Waals surface area contributed by atoms with Crippen molar-refractivity contribution in [1.29, 1.82) is 0 Å². The number of hydrogen-bond acceptors (Lipinski definition) is 4. The second kappa shape index (κ2) is 7.27. The molecule has 0 heterocycles. The Labute approximate surface area is 170 Å². The number of aliphatic carboxylic acids is 1. The van der Waals surface area contributed by atoms with E-state index in [0.717, 1.165) is 25.7 Å². The number of carboxylic acid groups (broad SMARTS) is 1. The highest BCUT2D eigenvalue weighted by atomic mass is 16.4. The molecule has 0 radical (unpaired) electrons. The van der Waals surface area contributed by atoms with E-state index in [0.29, 0.717) is 41.9 Å². The van der Waals surface area contributed by atoms with Gasteiger partial charge in [-0.25, -0.2) is 0 Å². The Morgan fingerprint density at radius 3 is 2.43 bits per heavy atom. The van der Waals surface area contributed by atoms with Crippen LogP contribution in [0.15, 0.2) is 0 Å². The molecule has 4 heteroatoms. The summed E-state index contributed by atoms with van der Waals surface area (Å²) in [4.78, 5) is 10.9.